The molecule has 1 aromatic carbocycles. The first kappa shape index (κ1) is 16.6. The van der Waals surface area contributed by atoms with Crippen LogP contribution < -0.4 is 11.1 Å². The summed E-state index contributed by atoms with van der Waals surface area (Å²) < 4.78 is 77.1. The molecule has 1 saturated carbocycles. The van der Waals surface area contributed by atoms with Gasteiger partial charge in [0.05, 0.1) is 11.5 Å². The van der Waals surface area contributed by atoms with E-state index in [1.165, 1.54) is 0 Å². The van der Waals surface area contributed by atoms with Gasteiger partial charge in [-0.25, -0.2) is 13.2 Å². The minimum absolute atomic E-state index is 0.332. The first-order valence-electron chi connectivity index (χ1n) is 6.30. The Labute approximate surface area is 121 Å². The molecule has 2 atom stereocenters. The molecule has 3 nitrogen and oxygen atoms in total. The van der Waals surface area contributed by atoms with Crippen molar-refractivity contribution in [1.82, 2.24) is 0 Å². The van der Waals surface area contributed by atoms with Crippen LogP contribution in [0.2, 0.25) is 0 Å². The number of rotatable bonds is 2. The summed E-state index contributed by atoms with van der Waals surface area (Å²) in [6.07, 6.45) is -6.36. The number of nitrogens with one attached hydrogen (secondary N) is 1. The molecule has 0 saturated heterocycles. The third kappa shape index (κ3) is 3.52. The zero-order valence-electron chi connectivity index (χ0n) is 11.1. The SMILES string of the molecule is N[C@@H]1CC(F)(F)C[C@@H]1C(=O)Nc1ccc(F)c(C(F)(F)F)c1. The third-order valence-electron chi connectivity index (χ3n) is 3.45. The van der Waals surface area contributed by atoms with Gasteiger partial charge in [-0.3, -0.25) is 4.79 Å². The van der Waals surface area contributed by atoms with Gasteiger partial charge in [-0.15, -0.1) is 0 Å². The quantitative estimate of drug-likeness (QED) is 0.820. The minimum Gasteiger partial charge on any atom is -0.327 e. The van der Waals surface area contributed by atoms with E-state index in [1.807, 2.05) is 0 Å². The fourth-order valence-electron chi connectivity index (χ4n) is 2.39. The maximum atomic E-state index is 13.2. The molecule has 1 fully saturated rings. The molecule has 122 valence electrons. The third-order valence-corrected chi connectivity index (χ3v) is 3.45. The van der Waals surface area contributed by atoms with E-state index in [4.69, 9.17) is 5.73 Å². The average molecular weight is 326 g/mol. The van der Waals surface area contributed by atoms with Crippen molar-refractivity contribution < 1.29 is 31.1 Å². The molecule has 0 heterocycles. The Kier molecular flexibility index (Phi) is 4.12. The molecule has 1 aromatic rings. The number of hydrogen-bond donors (Lipinski definition) is 2. The van der Waals surface area contributed by atoms with Gasteiger partial charge in [0.1, 0.15) is 5.82 Å². The number of carbonyl (C=O) groups is 1. The first-order chi connectivity index (χ1) is 9.99. The van der Waals surface area contributed by atoms with E-state index in [1.54, 1.807) is 0 Å². The second-order valence-corrected chi connectivity index (χ2v) is 5.22. The highest BCUT2D eigenvalue weighted by atomic mass is 19.4. The maximum absolute atomic E-state index is 13.2. The van der Waals surface area contributed by atoms with Crippen LogP contribution >= 0.6 is 0 Å². The van der Waals surface area contributed by atoms with Crippen molar-refractivity contribution in [3.63, 3.8) is 0 Å². The standard InChI is InChI=1S/C13H12F6N2O/c14-9-2-1-6(3-8(9)13(17,18)19)21-11(22)7-4-12(15,16)5-10(7)20/h1-3,7,10H,4-5,20H2,(H,21,22)/t7-,10+/m0/s1. The lowest BCUT2D eigenvalue weighted by molar-refractivity contribution is -0.140. The number of hydrogen-bond acceptors (Lipinski definition) is 2. The van der Waals surface area contributed by atoms with E-state index in [9.17, 15) is 31.1 Å². The summed E-state index contributed by atoms with van der Waals surface area (Å²) in [6.45, 7) is 0. The van der Waals surface area contributed by atoms with Crippen molar-refractivity contribution in [2.24, 2.45) is 11.7 Å². The van der Waals surface area contributed by atoms with Gasteiger partial charge < -0.3 is 11.1 Å². The molecule has 0 spiro atoms. The molecule has 0 aromatic heterocycles. The Morgan fingerprint density at radius 3 is 2.41 bits per heavy atom. The topological polar surface area (TPSA) is 55.1 Å². The highest BCUT2D eigenvalue weighted by Gasteiger charge is 2.47. The molecular weight excluding hydrogens is 314 g/mol. The van der Waals surface area contributed by atoms with Gasteiger partial charge in [-0.05, 0) is 18.2 Å². The van der Waals surface area contributed by atoms with E-state index in [2.05, 4.69) is 5.32 Å². The smallest absolute Gasteiger partial charge is 0.327 e. The van der Waals surface area contributed by atoms with Crippen molar-refractivity contribution in [1.29, 1.82) is 0 Å². The fourth-order valence-corrected chi connectivity index (χ4v) is 2.39. The molecule has 0 aliphatic heterocycles. The number of alkyl halides is 5. The number of carbonyl (C=O) groups excluding carboxylic acids is 1. The number of amides is 1. The highest BCUT2D eigenvalue weighted by Crippen LogP contribution is 2.39. The van der Waals surface area contributed by atoms with Crippen molar-refractivity contribution in [3.05, 3.63) is 29.6 Å². The van der Waals surface area contributed by atoms with Crippen LogP contribution in [0.15, 0.2) is 18.2 Å². The molecule has 1 aliphatic carbocycles. The summed E-state index contributed by atoms with van der Waals surface area (Å²) in [6, 6.07) is 0.784. The predicted molar refractivity (Wildman–Crippen MR) is 65.7 cm³/mol. The van der Waals surface area contributed by atoms with Gasteiger partial charge in [-0.2, -0.15) is 13.2 Å². The Bertz CT molecular complexity index is 586. The van der Waals surface area contributed by atoms with E-state index < -0.39 is 54.2 Å². The molecular formula is C13H12F6N2O. The van der Waals surface area contributed by atoms with E-state index in [0.29, 0.717) is 12.1 Å². The number of benzene rings is 1. The van der Waals surface area contributed by atoms with E-state index in [0.717, 1.165) is 6.07 Å². The lowest BCUT2D eigenvalue weighted by Gasteiger charge is -2.16. The van der Waals surface area contributed by atoms with Gasteiger partial charge in [-0.1, -0.05) is 0 Å². The molecule has 1 amide bonds. The largest absolute Gasteiger partial charge is 0.419 e. The lowest BCUT2D eigenvalue weighted by atomic mass is 10.0. The Balaban J connectivity index is 2.16. The summed E-state index contributed by atoms with van der Waals surface area (Å²) >= 11 is 0. The summed E-state index contributed by atoms with van der Waals surface area (Å²) in [4.78, 5) is 11.9. The molecule has 9 heteroatoms. The van der Waals surface area contributed by atoms with Crippen LogP contribution in [0.3, 0.4) is 0 Å². The second kappa shape index (κ2) is 5.45. The zero-order valence-corrected chi connectivity index (χ0v) is 11.1. The lowest BCUT2D eigenvalue weighted by Crippen LogP contribution is -2.34. The zero-order chi connectivity index (χ0) is 16.7. The number of nitrogens with two attached hydrogens (primary N) is 1. The van der Waals surface area contributed by atoms with Crippen LogP contribution in [0.25, 0.3) is 0 Å². The molecule has 0 bridgehead atoms. The molecule has 0 radical (unpaired) electrons. The fraction of sp³-hybridized carbons (Fsp3) is 0.462. The first-order valence-corrected chi connectivity index (χ1v) is 6.30. The molecule has 2 rings (SSSR count). The van der Waals surface area contributed by atoms with Gasteiger partial charge in [0.15, 0.2) is 0 Å². The number of halogens is 6. The Hall–Kier alpha value is -1.77. The van der Waals surface area contributed by atoms with E-state index >= 15 is 0 Å². The van der Waals surface area contributed by atoms with Gasteiger partial charge in [0.25, 0.3) is 5.92 Å². The van der Waals surface area contributed by atoms with E-state index in [-0.39, 0.29) is 5.69 Å². The molecule has 1 aliphatic rings. The van der Waals surface area contributed by atoms with Gasteiger partial charge >= 0.3 is 6.18 Å². The predicted octanol–water partition coefficient (Wildman–Crippen LogP) is 3.16. The van der Waals surface area contributed by atoms with Crippen molar-refractivity contribution >= 4 is 11.6 Å². The number of anilines is 1. The van der Waals surface area contributed by atoms with Crippen LogP contribution in [0.5, 0.6) is 0 Å². The normalized spacial score (nSPS) is 24.3. The van der Waals surface area contributed by atoms with Crippen molar-refractivity contribution in [3.8, 4) is 0 Å². The van der Waals surface area contributed by atoms with Gasteiger partial charge in [0.2, 0.25) is 5.91 Å². The molecule has 22 heavy (non-hydrogen) atoms. The second-order valence-electron chi connectivity index (χ2n) is 5.22. The summed E-state index contributed by atoms with van der Waals surface area (Å²) in [7, 11) is 0. The monoisotopic (exact) mass is 326 g/mol. The van der Waals surface area contributed by atoms with Crippen molar-refractivity contribution in [2.45, 2.75) is 31.0 Å². The summed E-state index contributed by atoms with van der Waals surface area (Å²) in [5.74, 6) is -6.70. The van der Waals surface area contributed by atoms with Gasteiger partial charge in [0, 0.05) is 24.6 Å². The maximum Gasteiger partial charge on any atom is 0.419 e. The molecule has 0 unspecified atom stereocenters. The Morgan fingerprint density at radius 2 is 1.91 bits per heavy atom. The van der Waals surface area contributed by atoms with Crippen molar-refractivity contribution in [2.75, 3.05) is 5.32 Å². The van der Waals surface area contributed by atoms with Crippen LogP contribution in [-0.2, 0) is 11.0 Å². The Morgan fingerprint density at radius 1 is 1.27 bits per heavy atom. The summed E-state index contributed by atoms with van der Waals surface area (Å²) in [5.41, 5.74) is 3.57. The molecule has 3 N–H and O–H groups in total. The highest BCUT2D eigenvalue weighted by molar-refractivity contribution is 5.93. The average Bonchev–Trinajstić information content (AvgIpc) is 2.64. The van der Waals surface area contributed by atoms with Crippen LogP contribution in [-0.4, -0.2) is 17.9 Å². The minimum atomic E-state index is -4.93. The summed E-state index contributed by atoms with van der Waals surface area (Å²) in [5, 5.41) is 2.07. The van der Waals surface area contributed by atoms with Crippen LogP contribution in [0, 0.1) is 11.7 Å². The van der Waals surface area contributed by atoms with Crippen LogP contribution in [0.4, 0.5) is 32.0 Å². The van der Waals surface area contributed by atoms with Crippen LogP contribution in [0.1, 0.15) is 18.4 Å².